The van der Waals surface area contributed by atoms with Crippen molar-refractivity contribution >= 4 is 35.1 Å². The first-order valence-electron chi connectivity index (χ1n) is 12.3. The molecule has 38 heavy (non-hydrogen) atoms. The molecule has 3 rings (SSSR count). The Hall–Kier alpha value is -3.26. The zero-order valence-electron chi connectivity index (χ0n) is 21.5. The number of esters is 1. The summed E-state index contributed by atoms with van der Waals surface area (Å²) in [4.78, 5) is 28.3. The molecule has 202 valence electrons. The van der Waals surface area contributed by atoms with Gasteiger partial charge in [0, 0.05) is 6.42 Å². The Morgan fingerprint density at radius 2 is 1.61 bits per heavy atom. The summed E-state index contributed by atoms with van der Waals surface area (Å²) >= 11 is 12.7. The minimum absolute atomic E-state index is 0.0598. The van der Waals surface area contributed by atoms with E-state index in [1.807, 2.05) is 74.8 Å². The summed E-state index contributed by atoms with van der Waals surface area (Å²) in [6.45, 7) is 1.32. The van der Waals surface area contributed by atoms with Crippen LogP contribution < -0.4 is 10.1 Å². The zero-order valence-corrected chi connectivity index (χ0v) is 23.0. The van der Waals surface area contributed by atoms with Crippen LogP contribution in [0.2, 0.25) is 10.0 Å². The summed E-state index contributed by atoms with van der Waals surface area (Å²) in [5, 5.41) is 13.3. The van der Waals surface area contributed by atoms with Gasteiger partial charge in [0.1, 0.15) is 17.7 Å². The van der Waals surface area contributed by atoms with E-state index in [1.54, 1.807) is 0 Å². The van der Waals surface area contributed by atoms with Gasteiger partial charge in [0.15, 0.2) is 11.5 Å². The predicted molar refractivity (Wildman–Crippen MR) is 149 cm³/mol. The van der Waals surface area contributed by atoms with Crippen LogP contribution in [0.1, 0.15) is 34.3 Å². The molecule has 3 aromatic rings. The SMILES string of the molecule is CN(C)CCCCOc1c(Cl)cc(C(=O)NC(Cc2ccccc2)C(=O)OCc2ccccc2)c(O)c1Cl. The van der Waals surface area contributed by atoms with E-state index in [9.17, 15) is 14.7 Å². The van der Waals surface area contributed by atoms with Crippen LogP contribution in [0.3, 0.4) is 0 Å². The Kier molecular flexibility index (Phi) is 11.3. The molecule has 0 spiro atoms. The zero-order chi connectivity index (χ0) is 27.5. The van der Waals surface area contributed by atoms with Crippen LogP contribution in [-0.4, -0.2) is 55.2 Å². The van der Waals surface area contributed by atoms with Gasteiger partial charge in [-0.25, -0.2) is 4.79 Å². The fraction of sp³-hybridized carbons (Fsp3) is 0.310. The first-order valence-corrected chi connectivity index (χ1v) is 13.1. The van der Waals surface area contributed by atoms with Gasteiger partial charge >= 0.3 is 5.97 Å². The second-order valence-electron chi connectivity index (χ2n) is 9.07. The summed E-state index contributed by atoms with van der Waals surface area (Å²) in [6.07, 6.45) is 1.87. The summed E-state index contributed by atoms with van der Waals surface area (Å²) < 4.78 is 11.2. The van der Waals surface area contributed by atoms with Crippen molar-refractivity contribution in [1.82, 2.24) is 10.2 Å². The smallest absolute Gasteiger partial charge is 0.329 e. The van der Waals surface area contributed by atoms with E-state index in [0.717, 1.165) is 30.5 Å². The summed E-state index contributed by atoms with van der Waals surface area (Å²) in [7, 11) is 3.98. The summed E-state index contributed by atoms with van der Waals surface area (Å²) in [5.74, 6) is -1.70. The number of carbonyl (C=O) groups excluding carboxylic acids is 2. The molecule has 0 bridgehead atoms. The Morgan fingerprint density at radius 3 is 2.24 bits per heavy atom. The molecule has 0 radical (unpaired) electrons. The fourth-order valence-corrected chi connectivity index (χ4v) is 4.27. The molecule has 9 heteroatoms. The van der Waals surface area contributed by atoms with E-state index in [1.165, 1.54) is 6.07 Å². The van der Waals surface area contributed by atoms with Crippen LogP contribution >= 0.6 is 23.2 Å². The first-order chi connectivity index (χ1) is 18.3. The van der Waals surface area contributed by atoms with E-state index < -0.39 is 23.7 Å². The minimum atomic E-state index is -1.02. The van der Waals surface area contributed by atoms with Crippen LogP contribution in [0.5, 0.6) is 11.5 Å². The van der Waals surface area contributed by atoms with Gasteiger partial charge in [0.2, 0.25) is 0 Å². The number of aromatic hydroxyl groups is 1. The van der Waals surface area contributed by atoms with Gasteiger partial charge in [-0.2, -0.15) is 0 Å². The number of nitrogens with zero attached hydrogens (tertiary/aromatic N) is 1. The van der Waals surface area contributed by atoms with Gasteiger partial charge in [0.25, 0.3) is 5.91 Å². The normalized spacial score (nSPS) is 11.7. The second-order valence-corrected chi connectivity index (χ2v) is 9.85. The van der Waals surface area contributed by atoms with Crippen molar-refractivity contribution < 1.29 is 24.2 Å². The number of nitrogens with one attached hydrogen (secondary N) is 1. The van der Waals surface area contributed by atoms with Crippen molar-refractivity contribution in [3.8, 4) is 11.5 Å². The highest BCUT2D eigenvalue weighted by Crippen LogP contribution is 2.42. The highest BCUT2D eigenvalue weighted by Gasteiger charge is 2.27. The van der Waals surface area contributed by atoms with Crippen molar-refractivity contribution in [1.29, 1.82) is 0 Å². The van der Waals surface area contributed by atoms with Gasteiger partial charge in [-0.3, -0.25) is 4.79 Å². The lowest BCUT2D eigenvalue weighted by atomic mass is 10.0. The number of ether oxygens (including phenoxy) is 2. The first kappa shape index (κ1) is 29.3. The summed E-state index contributed by atoms with van der Waals surface area (Å²) in [6, 6.07) is 18.7. The molecule has 0 aliphatic carbocycles. The van der Waals surface area contributed by atoms with Crippen LogP contribution in [0.4, 0.5) is 0 Å². The monoisotopic (exact) mass is 558 g/mol. The van der Waals surface area contributed by atoms with Gasteiger partial charge in [-0.15, -0.1) is 0 Å². The average Bonchev–Trinajstić information content (AvgIpc) is 2.91. The molecule has 0 saturated carbocycles. The van der Waals surface area contributed by atoms with Crippen molar-refractivity contribution in [2.24, 2.45) is 0 Å². The fourth-order valence-electron chi connectivity index (χ4n) is 3.71. The maximum atomic E-state index is 13.2. The predicted octanol–water partition coefficient (Wildman–Crippen LogP) is 5.50. The third-order valence-corrected chi connectivity index (χ3v) is 6.37. The largest absolute Gasteiger partial charge is 0.505 e. The number of carbonyl (C=O) groups is 2. The number of unbranched alkanes of at least 4 members (excludes halogenated alkanes) is 1. The van der Waals surface area contributed by atoms with E-state index in [0.29, 0.717) is 6.61 Å². The second kappa shape index (κ2) is 14.6. The van der Waals surface area contributed by atoms with Gasteiger partial charge in [-0.05, 0) is 50.7 Å². The highest BCUT2D eigenvalue weighted by molar-refractivity contribution is 6.39. The lowest BCUT2D eigenvalue weighted by Crippen LogP contribution is -2.43. The number of phenolic OH excluding ortho intramolecular Hbond substituents is 1. The standard InChI is InChI=1S/C29H32Cl2N2O5/c1-33(2)15-9-10-16-37-27-23(30)18-22(26(34)25(27)31)28(35)32-24(17-20-11-5-3-6-12-20)29(36)38-19-21-13-7-4-8-14-21/h3-8,11-14,18,24,34H,9-10,15-17,19H2,1-2H3,(H,32,35). The third-order valence-electron chi connectivity index (χ3n) is 5.74. The minimum Gasteiger partial charge on any atom is -0.505 e. The topological polar surface area (TPSA) is 88.1 Å². The van der Waals surface area contributed by atoms with E-state index in [-0.39, 0.29) is 34.4 Å². The lowest BCUT2D eigenvalue weighted by Gasteiger charge is -2.19. The van der Waals surface area contributed by atoms with Crippen LogP contribution in [-0.2, 0) is 22.6 Å². The number of benzene rings is 3. The summed E-state index contributed by atoms with van der Waals surface area (Å²) in [5.41, 5.74) is 1.47. The lowest BCUT2D eigenvalue weighted by molar-refractivity contribution is -0.147. The van der Waals surface area contributed by atoms with Gasteiger partial charge in [-0.1, -0.05) is 83.9 Å². The average molecular weight is 559 g/mol. The molecule has 1 amide bonds. The molecule has 0 aliphatic rings. The molecule has 7 nitrogen and oxygen atoms in total. The molecule has 0 aliphatic heterocycles. The molecule has 0 heterocycles. The van der Waals surface area contributed by atoms with Crippen LogP contribution in [0, 0.1) is 0 Å². The molecule has 3 aromatic carbocycles. The van der Waals surface area contributed by atoms with E-state index in [2.05, 4.69) is 10.2 Å². The highest BCUT2D eigenvalue weighted by atomic mass is 35.5. The maximum absolute atomic E-state index is 13.2. The molecule has 1 unspecified atom stereocenters. The van der Waals surface area contributed by atoms with Gasteiger partial charge in [0.05, 0.1) is 17.2 Å². The molecule has 0 aromatic heterocycles. The van der Waals surface area contributed by atoms with Gasteiger partial charge < -0.3 is 24.8 Å². The van der Waals surface area contributed by atoms with Crippen molar-refractivity contribution in [2.75, 3.05) is 27.2 Å². The molecular weight excluding hydrogens is 527 g/mol. The van der Waals surface area contributed by atoms with Crippen LogP contribution in [0.25, 0.3) is 0 Å². The Morgan fingerprint density at radius 1 is 0.974 bits per heavy atom. The maximum Gasteiger partial charge on any atom is 0.329 e. The van der Waals surface area contributed by atoms with Crippen LogP contribution in [0.15, 0.2) is 66.7 Å². The Labute approximate surface area is 233 Å². The molecular formula is C29H32Cl2N2O5. The number of phenols is 1. The van der Waals surface area contributed by atoms with E-state index >= 15 is 0 Å². The third kappa shape index (κ3) is 8.65. The number of rotatable bonds is 13. The van der Waals surface area contributed by atoms with Crippen molar-refractivity contribution in [3.63, 3.8) is 0 Å². The van der Waals surface area contributed by atoms with Crippen molar-refractivity contribution in [3.05, 3.63) is 93.5 Å². The Balaban J connectivity index is 1.73. The molecule has 1 atom stereocenters. The number of hydrogen-bond acceptors (Lipinski definition) is 6. The number of amides is 1. The quantitative estimate of drug-likeness (QED) is 0.212. The molecule has 0 saturated heterocycles. The number of halogens is 2. The molecule has 0 fully saturated rings. The molecule has 2 N–H and O–H groups in total. The number of hydrogen-bond donors (Lipinski definition) is 2. The van der Waals surface area contributed by atoms with Crippen molar-refractivity contribution in [2.45, 2.75) is 31.9 Å². The van der Waals surface area contributed by atoms with E-state index in [4.69, 9.17) is 32.7 Å². The Bertz CT molecular complexity index is 1210.